The van der Waals surface area contributed by atoms with E-state index in [-0.39, 0.29) is 23.3 Å². The molecular weight excluding hydrogens is 278 g/mol. The van der Waals surface area contributed by atoms with Crippen molar-refractivity contribution in [2.24, 2.45) is 0 Å². The first-order valence-corrected chi connectivity index (χ1v) is 7.66. The lowest BCUT2D eigenvalue weighted by Crippen LogP contribution is -2.32. The molecule has 0 saturated carbocycles. The highest BCUT2D eigenvalue weighted by molar-refractivity contribution is 7.89. The molecule has 0 aliphatic rings. The monoisotopic (exact) mass is 297 g/mol. The Kier molecular flexibility index (Phi) is 5.91. The van der Waals surface area contributed by atoms with Crippen LogP contribution in [0.1, 0.15) is 18.9 Å². The molecule has 0 spiro atoms. The van der Waals surface area contributed by atoms with Gasteiger partial charge in [-0.2, -0.15) is 0 Å². The minimum atomic E-state index is -3.55. The zero-order valence-corrected chi connectivity index (χ0v) is 12.4. The second kappa shape index (κ2) is 7.21. The minimum absolute atomic E-state index is 0.122. The molecule has 0 saturated heterocycles. The van der Waals surface area contributed by atoms with Crippen LogP contribution in [-0.2, 0) is 26.0 Å². The Morgan fingerprint density at radius 3 is 2.50 bits per heavy atom. The van der Waals surface area contributed by atoms with Gasteiger partial charge in [0.05, 0.1) is 18.4 Å². The number of hydrogen-bond acceptors (Lipinski definition) is 4. The first kappa shape index (κ1) is 16.4. The molecule has 110 valence electrons. The fourth-order valence-electron chi connectivity index (χ4n) is 1.66. The van der Waals surface area contributed by atoms with E-state index in [1.54, 1.807) is 25.1 Å². The van der Waals surface area contributed by atoms with Crippen molar-refractivity contribution in [1.29, 1.82) is 0 Å². The molecule has 20 heavy (non-hydrogen) atoms. The summed E-state index contributed by atoms with van der Waals surface area (Å²) in [6, 6.07) is 5.93. The van der Waals surface area contributed by atoms with Gasteiger partial charge in [-0.05, 0) is 31.0 Å². The molecule has 1 unspecified atom stereocenters. The van der Waals surface area contributed by atoms with E-state index in [4.69, 9.17) is 0 Å². The van der Waals surface area contributed by atoms with E-state index >= 15 is 0 Å². The maximum atomic E-state index is 12.1. The van der Waals surface area contributed by atoms with Gasteiger partial charge in [0, 0.05) is 6.04 Å². The third kappa shape index (κ3) is 4.79. The quantitative estimate of drug-likeness (QED) is 0.613. The Bertz CT molecular complexity index is 563. The number of carbonyl (C=O) groups is 1. The second-order valence-corrected chi connectivity index (χ2v) is 6.16. The summed E-state index contributed by atoms with van der Waals surface area (Å²) in [6.07, 6.45) is 2.34. The van der Waals surface area contributed by atoms with E-state index in [0.717, 1.165) is 0 Å². The van der Waals surface area contributed by atoms with Gasteiger partial charge in [0.2, 0.25) is 10.0 Å². The number of sulfonamides is 1. The van der Waals surface area contributed by atoms with E-state index in [1.807, 2.05) is 0 Å². The molecule has 1 rings (SSSR count). The maximum Gasteiger partial charge on any atom is 0.309 e. The van der Waals surface area contributed by atoms with E-state index in [0.29, 0.717) is 12.0 Å². The number of nitrogens with one attached hydrogen (secondary N) is 1. The number of rotatable bonds is 7. The standard InChI is InChI=1S/C14H19NO4S/c1-4-5-11(2)15-20(17,18)13-8-6-12(7-9-13)10-14(16)19-3/h4,6-9,11,15H,1,5,10H2,2-3H3. The van der Waals surface area contributed by atoms with Gasteiger partial charge >= 0.3 is 5.97 Å². The predicted octanol–water partition coefficient (Wildman–Crippen LogP) is 1.65. The van der Waals surface area contributed by atoms with Crippen LogP contribution < -0.4 is 4.72 Å². The zero-order valence-electron chi connectivity index (χ0n) is 11.6. The van der Waals surface area contributed by atoms with Crippen molar-refractivity contribution >= 4 is 16.0 Å². The van der Waals surface area contributed by atoms with Crippen molar-refractivity contribution in [3.8, 4) is 0 Å². The van der Waals surface area contributed by atoms with Gasteiger partial charge in [-0.25, -0.2) is 13.1 Å². The summed E-state index contributed by atoms with van der Waals surface area (Å²) >= 11 is 0. The second-order valence-electron chi connectivity index (χ2n) is 4.44. The largest absolute Gasteiger partial charge is 0.469 e. The number of carbonyl (C=O) groups excluding carboxylic acids is 1. The van der Waals surface area contributed by atoms with Crippen molar-refractivity contribution < 1.29 is 17.9 Å². The van der Waals surface area contributed by atoms with Crippen LogP contribution >= 0.6 is 0 Å². The molecule has 0 aromatic heterocycles. The molecule has 6 heteroatoms. The Labute approximate surface area is 119 Å². The van der Waals surface area contributed by atoms with Crippen LogP contribution in [0.5, 0.6) is 0 Å². The molecule has 0 bridgehead atoms. The highest BCUT2D eigenvalue weighted by atomic mass is 32.2. The van der Waals surface area contributed by atoms with E-state index in [2.05, 4.69) is 16.0 Å². The third-order valence-electron chi connectivity index (χ3n) is 2.69. The predicted molar refractivity (Wildman–Crippen MR) is 76.8 cm³/mol. The van der Waals surface area contributed by atoms with Gasteiger partial charge in [0.15, 0.2) is 0 Å². The number of methoxy groups -OCH3 is 1. The summed E-state index contributed by atoms with van der Waals surface area (Å²) in [5, 5.41) is 0. The van der Waals surface area contributed by atoms with Gasteiger partial charge in [-0.1, -0.05) is 18.2 Å². The van der Waals surface area contributed by atoms with Crippen LogP contribution in [-0.4, -0.2) is 27.5 Å². The number of esters is 1. The molecule has 0 aliphatic heterocycles. The fourth-order valence-corrected chi connectivity index (χ4v) is 2.91. The number of benzene rings is 1. The van der Waals surface area contributed by atoms with Crippen LogP contribution in [0.15, 0.2) is 41.8 Å². The van der Waals surface area contributed by atoms with Gasteiger partial charge < -0.3 is 4.74 Å². The summed E-state index contributed by atoms with van der Waals surface area (Å²) in [7, 11) is -2.23. The van der Waals surface area contributed by atoms with Gasteiger partial charge in [-0.3, -0.25) is 4.79 Å². The lowest BCUT2D eigenvalue weighted by Gasteiger charge is -2.12. The fraction of sp³-hybridized carbons (Fsp3) is 0.357. The Morgan fingerprint density at radius 1 is 1.40 bits per heavy atom. The van der Waals surface area contributed by atoms with Gasteiger partial charge in [-0.15, -0.1) is 6.58 Å². The molecule has 1 atom stereocenters. The highest BCUT2D eigenvalue weighted by Gasteiger charge is 2.16. The SMILES string of the molecule is C=CCC(C)NS(=O)(=O)c1ccc(CC(=O)OC)cc1. The zero-order chi connectivity index (χ0) is 15.2. The molecule has 0 amide bonds. The van der Waals surface area contributed by atoms with Crippen LogP contribution in [0.25, 0.3) is 0 Å². The molecule has 0 fully saturated rings. The van der Waals surface area contributed by atoms with Gasteiger partial charge in [0.25, 0.3) is 0 Å². The lowest BCUT2D eigenvalue weighted by molar-refractivity contribution is -0.139. The Morgan fingerprint density at radius 2 is 2.00 bits per heavy atom. The van der Waals surface area contributed by atoms with Crippen LogP contribution in [0, 0.1) is 0 Å². The van der Waals surface area contributed by atoms with E-state index < -0.39 is 10.0 Å². The minimum Gasteiger partial charge on any atom is -0.469 e. The van der Waals surface area contributed by atoms with Crippen molar-refractivity contribution in [2.75, 3.05) is 7.11 Å². The normalized spacial score (nSPS) is 12.7. The van der Waals surface area contributed by atoms with Gasteiger partial charge in [0.1, 0.15) is 0 Å². The van der Waals surface area contributed by atoms with E-state index in [1.165, 1.54) is 19.2 Å². The Hall–Kier alpha value is -1.66. The third-order valence-corrected chi connectivity index (χ3v) is 4.29. The Balaban J connectivity index is 2.81. The van der Waals surface area contributed by atoms with E-state index in [9.17, 15) is 13.2 Å². The summed E-state index contributed by atoms with van der Waals surface area (Å²) < 4.78 is 31.2. The molecule has 1 aromatic carbocycles. The average molecular weight is 297 g/mol. The van der Waals surface area contributed by atoms with Crippen molar-refractivity contribution in [3.63, 3.8) is 0 Å². The molecular formula is C14H19NO4S. The molecule has 1 aromatic rings. The summed E-state index contributed by atoms with van der Waals surface area (Å²) in [6.45, 7) is 5.34. The molecule has 0 heterocycles. The first-order valence-electron chi connectivity index (χ1n) is 6.18. The van der Waals surface area contributed by atoms with Crippen molar-refractivity contribution in [2.45, 2.75) is 30.7 Å². The average Bonchev–Trinajstić information content (AvgIpc) is 2.38. The van der Waals surface area contributed by atoms with Crippen molar-refractivity contribution in [1.82, 2.24) is 4.72 Å². The summed E-state index contributed by atoms with van der Waals surface area (Å²) in [5.74, 6) is -0.363. The molecule has 0 radical (unpaired) electrons. The molecule has 0 aliphatic carbocycles. The van der Waals surface area contributed by atoms with Crippen molar-refractivity contribution in [3.05, 3.63) is 42.5 Å². The topological polar surface area (TPSA) is 72.5 Å². The number of ether oxygens (including phenoxy) is 1. The smallest absolute Gasteiger partial charge is 0.309 e. The maximum absolute atomic E-state index is 12.1. The number of hydrogen-bond donors (Lipinski definition) is 1. The van der Waals surface area contributed by atoms with Crippen LogP contribution in [0.3, 0.4) is 0 Å². The molecule has 1 N–H and O–H groups in total. The summed E-state index contributed by atoms with van der Waals surface area (Å²) in [5.41, 5.74) is 0.704. The first-order chi connectivity index (χ1) is 9.39. The lowest BCUT2D eigenvalue weighted by atomic mass is 10.2. The molecule has 5 nitrogen and oxygen atoms in total. The highest BCUT2D eigenvalue weighted by Crippen LogP contribution is 2.12. The van der Waals surface area contributed by atoms with Crippen LogP contribution in [0.2, 0.25) is 0 Å². The van der Waals surface area contributed by atoms with Crippen LogP contribution in [0.4, 0.5) is 0 Å². The summed E-state index contributed by atoms with van der Waals surface area (Å²) in [4.78, 5) is 11.3.